The van der Waals surface area contributed by atoms with E-state index in [1.54, 1.807) is 0 Å². The molecule has 106 valence electrons. The minimum atomic E-state index is -0.0990. The molecule has 1 saturated heterocycles. The SMILES string of the molecule is NCCCNC(=O)CC1=NNC(=O)C2CCCNC12. The van der Waals surface area contributed by atoms with E-state index in [1.807, 2.05) is 0 Å². The lowest BCUT2D eigenvalue weighted by Gasteiger charge is -2.34. The average Bonchev–Trinajstić information content (AvgIpc) is 2.43. The Morgan fingerprint density at radius 2 is 2.37 bits per heavy atom. The Kier molecular flexibility index (Phi) is 4.86. The second kappa shape index (κ2) is 6.63. The van der Waals surface area contributed by atoms with E-state index in [2.05, 4.69) is 21.2 Å². The fraction of sp³-hybridized carbons (Fsp3) is 0.750. The van der Waals surface area contributed by atoms with Gasteiger partial charge in [-0.2, -0.15) is 5.10 Å². The molecule has 7 heteroatoms. The lowest BCUT2D eigenvalue weighted by atomic mass is 9.85. The fourth-order valence-corrected chi connectivity index (χ4v) is 2.51. The first-order chi connectivity index (χ1) is 9.22. The highest BCUT2D eigenvalue weighted by Gasteiger charge is 2.37. The molecule has 0 bridgehead atoms. The molecule has 2 atom stereocenters. The second-order valence-electron chi connectivity index (χ2n) is 4.93. The van der Waals surface area contributed by atoms with Crippen LogP contribution in [0.4, 0.5) is 0 Å². The molecule has 2 amide bonds. The largest absolute Gasteiger partial charge is 0.356 e. The number of piperidine rings is 1. The Morgan fingerprint density at radius 1 is 1.53 bits per heavy atom. The molecule has 2 rings (SSSR count). The summed E-state index contributed by atoms with van der Waals surface area (Å²) in [5, 5.41) is 10.1. The van der Waals surface area contributed by atoms with Crippen molar-refractivity contribution in [2.24, 2.45) is 16.8 Å². The number of nitrogens with one attached hydrogen (secondary N) is 3. The summed E-state index contributed by atoms with van der Waals surface area (Å²) >= 11 is 0. The van der Waals surface area contributed by atoms with Gasteiger partial charge in [0.25, 0.3) is 0 Å². The Hall–Kier alpha value is -1.47. The first kappa shape index (κ1) is 14.0. The van der Waals surface area contributed by atoms with Gasteiger partial charge in [-0.05, 0) is 32.4 Å². The molecule has 19 heavy (non-hydrogen) atoms. The van der Waals surface area contributed by atoms with E-state index in [-0.39, 0.29) is 30.2 Å². The van der Waals surface area contributed by atoms with E-state index >= 15 is 0 Å². The van der Waals surface area contributed by atoms with Crippen LogP contribution < -0.4 is 21.8 Å². The van der Waals surface area contributed by atoms with Gasteiger partial charge >= 0.3 is 0 Å². The first-order valence-electron chi connectivity index (χ1n) is 6.79. The van der Waals surface area contributed by atoms with Gasteiger partial charge in [0.05, 0.1) is 24.1 Å². The van der Waals surface area contributed by atoms with Gasteiger partial charge in [-0.3, -0.25) is 9.59 Å². The van der Waals surface area contributed by atoms with Crippen LogP contribution in [-0.4, -0.2) is 43.2 Å². The van der Waals surface area contributed by atoms with Gasteiger partial charge in [-0.1, -0.05) is 0 Å². The van der Waals surface area contributed by atoms with E-state index in [9.17, 15) is 9.59 Å². The van der Waals surface area contributed by atoms with E-state index in [4.69, 9.17) is 5.73 Å². The van der Waals surface area contributed by atoms with Gasteiger partial charge in [0.2, 0.25) is 11.8 Å². The minimum absolute atomic E-state index is 0.0514. The van der Waals surface area contributed by atoms with Crippen LogP contribution in [0.1, 0.15) is 25.7 Å². The minimum Gasteiger partial charge on any atom is -0.356 e. The normalized spacial score (nSPS) is 26.2. The highest BCUT2D eigenvalue weighted by Crippen LogP contribution is 2.21. The first-order valence-corrected chi connectivity index (χ1v) is 6.79. The summed E-state index contributed by atoms with van der Waals surface area (Å²) in [6, 6.07) is -0.0947. The standard InChI is InChI=1S/C12H21N5O2/c13-4-2-6-14-10(18)7-9-11-8(3-1-5-15-11)12(19)17-16-9/h8,11,15H,1-7,13H2,(H,14,18)(H,17,19). The van der Waals surface area contributed by atoms with Gasteiger partial charge < -0.3 is 16.4 Å². The molecule has 2 aliphatic heterocycles. The summed E-state index contributed by atoms with van der Waals surface area (Å²) in [5.41, 5.74) is 8.60. The van der Waals surface area contributed by atoms with Crippen LogP contribution in [0.25, 0.3) is 0 Å². The number of fused-ring (bicyclic) bond motifs is 1. The predicted molar refractivity (Wildman–Crippen MR) is 71.4 cm³/mol. The number of rotatable bonds is 5. The van der Waals surface area contributed by atoms with Gasteiger partial charge in [-0.25, -0.2) is 5.43 Å². The van der Waals surface area contributed by atoms with Gasteiger partial charge in [-0.15, -0.1) is 0 Å². The summed E-state index contributed by atoms with van der Waals surface area (Å²) in [6.45, 7) is 2.00. The second-order valence-corrected chi connectivity index (χ2v) is 4.93. The Balaban J connectivity index is 1.91. The number of nitrogens with zero attached hydrogens (tertiary/aromatic N) is 1. The summed E-state index contributed by atoms with van der Waals surface area (Å²) < 4.78 is 0. The maximum Gasteiger partial charge on any atom is 0.245 e. The zero-order valence-corrected chi connectivity index (χ0v) is 10.9. The van der Waals surface area contributed by atoms with Crippen molar-refractivity contribution in [1.29, 1.82) is 0 Å². The third-order valence-electron chi connectivity index (χ3n) is 3.51. The van der Waals surface area contributed by atoms with Gasteiger partial charge in [0, 0.05) is 6.54 Å². The molecule has 0 saturated carbocycles. The fourth-order valence-electron chi connectivity index (χ4n) is 2.51. The molecule has 0 radical (unpaired) electrons. The van der Waals surface area contributed by atoms with Crippen LogP contribution in [0.15, 0.2) is 5.10 Å². The van der Waals surface area contributed by atoms with E-state index < -0.39 is 0 Å². The Labute approximate surface area is 112 Å². The van der Waals surface area contributed by atoms with Gasteiger partial charge in [0.15, 0.2) is 0 Å². The molecule has 0 aromatic rings. The topological polar surface area (TPSA) is 109 Å². The number of carbonyl (C=O) groups excluding carboxylic acids is 2. The van der Waals surface area contributed by atoms with Crippen molar-refractivity contribution in [1.82, 2.24) is 16.1 Å². The van der Waals surface area contributed by atoms with E-state index in [1.165, 1.54) is 0 Å². The lowest BCUT2D eigenvalue weighted by molar-refractivity contribution is -0.127. The van der Waals surface area contributed by atoms with Crippen LogP contribution >= 0.6 is 0 Å². The van der Waals surface area contributed by atoms with Crippen molar-refractivity contribution in [3.8, 4) is 0 Å². The van der Waals surface area contributed by atoms with Crippen LogP contribution in [0.5, 0.6) is 0 Å². The van der Waals surface area contributed by atoms with Crippen LogP contribution in [-0.2, 0) is 9.59 Å². The molecule has 2 aliphatic rings. The van der Waals surface area contributed by atoms with E-state index in [0.29, 0.717) is 13.1 Å². The highest BCUT2D eigenvalue weighted by molar-refractivity contribution is 6.07. The molecule has 1 fully saturated rings. The summed E-state index contributed by atoms with van der Waals surface area (Å²) in [5.74, 6) is -0.225. The molecule has 0 aliphatic carbocycles. The average molecular weight is 267 g/mol. The maximum atomic E-state index is 11.8. The molecule has 2 unspecified atom stereocenters. The third-order valence-corrected chi connectivity index (χ3v) is 3.51. The molecule has 0 aromatic heterocycles. The summed E-state index contributed by atoms with van der Waals surface area (Å²) in [4.78, 5) is 23.5. The molecule has 0 aromatic carbocycles. The van der Waals surface area contributed by atoms with Crippen molar-refractivity contribution < 1.29 is 9.59 Å². The van der Waals surface area contributed by atoms with E-state index in [0.717, 1.165) is 31.5 Å². The monoisotopic (exact) mass is 267 g/mol. The Bertz CT molecular complexity index is 382. The number of hydrazone groups is 1. The zero-order valence-electron chi connectivity index (χ0n) is 10.9. The molecule has 7 nitrogen and oxygen atoms in total. The van der Waals surface area contributed by atoms with Crippen LogP contribution in [0.3, 0.4) is 0 Å². The third kappa shape index (κ3) is 3.51. The molecular formula is C12H21N5O2. The smallest absolute Gasteiger partial charge is 0.245 e. The predicted octanol–water partition coefficient (Wildman–Crippen LogP) is -1.30. The zero-order chi connectivity index (χ0) is 13.7. The summed E-state index contributed by atoms with van der Waals surface area (Å²) in [6.07, 6.45) is 2.81. The van der Waals surface area contributed by atoms with Crippen molar-refractivity contribution in [2.45, 2.75) is 31.7 Å². The number of nitrogens with two attached hydrogens (primary N) is 1. The summed E-state index contributed by atoms with van der Waals surface area (Å²) in [7, 11) is 0. The lowest BCUT2D eigenvalue weighted by Crippen LogP contribution is -2.56. The van der Waals surface area contributed by atoms with Gasteiger partial charge in [0.1, 0.15) is 0 Å². The number of hydrogen-bond acceptors (Lipinski definition) is 5. The van der Waals surface area contributed by atoms with Crippen molar-refractivity contribution in [3.63, 3.8) is 0 Å². The highest BCUT2D eigenvalue weighted by atomic mass is 16.2. The van der Waals surface area contributed by atoms with Crippen LogP contribution in [0, 0.1) is 5.92 Å². The molecular weight excluding hydrogens is 246 g/mol. The van der Waals surface area contributed by atoms with Crippen molar-refractivity contribution >= 4 is 17.5 Å². The van der Waals surface area contributed by atoms with Crippen LogP contribution in [0.2, 0.25) is 0 Å². The quantitative estimate of drug-likeness (QED) is 0.464. The Morgan fingerprint density at radius 3 is 3.16 bits per heavy atom. The molecule has 2 heterocycles. The number of hydrogen-bond donors (Lipinski definition) is 4. The number of carbonyl (C=O) groups is 2. The molecule has 5 N–H and O–H groups in total. The van der Waals surface area contributed by atoms with Crippen molar-refractivity contribution in [2.75, 3.05) is 19.6 Å². The maximum absolute atomic E-state index is 11.8. The van der Waals surface area contributed by atoms with Crippen molar-refractivity contribution in [3.05, 3.63) is 0 Å². The number of amides is 2. The molecule has 0 spiro atoms.